The van der Waals surface area contributed by atoms with Crippen LogP contribution in [0.1, 0.15) is 22.8 Å². The van der Waals surface area contributed by atoms with E-state index in [-0.39, 0.29) is 17.0 Å². The molecule has 1 unspecified atom stereocenters. The summed E-state index contributed by atoms with van der Waals surface area (Å²) >= 11 is 5.43. The highest BCUT2D eigenvalue weighted by molar-refractivity contribution is 7.94. The van der Waals surface area contributed by atoms with Gasteiger partial charge in [-0.15, -0.1) is 0 Å². The molecule has 1 aliphatic rings. The number of amides is 1. The lowest BCUT2D eigenvalue weighted by atomic mass is 10.1. The largest absolute Gasteiger partial charge is 0.276 e. The molecule has 1 heterocycles. The maximum Gasteiger partial charge on any atom is 0.252 e. The van der Waals surface area contributed by atoms with E-state index in [0.717, 1.165) is 4.31 Å². The Morgan fingerprint density at radius 2 is 2.05 bits per heavy atom. The lowest BCUT2D eigenvalue weighted by Crippen LogP contribution is -2.31. The van der Waals surface area contributed by atoms with Gasteiger partial charge in [0.05, 0.1) is 17.4 Å². The SMILES string of the molecule is Cc1c(C(=O)Cl)cccc1N1C(=O)C(C)CS1(=O)=O. The Morgan fingerprint density at radius 3 is 2.53 bits per heavy atom. The van der Waals surface area contributed by atoms with Crippen LogP contribution in [0.15, 0.2) is 18.2 Å². The minimum absolute atomic E-state index is 0.195. The predicted octanol–water partition coefficient (Wildman–Crippen LogP) is 1.69. The molecule has 2 rings (SSSR count). The third kappa shape index (κ3) is 2.26. The second-order valence-corrected chi connectivity index (χ2v) is 6.71. The van der Waals surface area contributed by atoms with Gasteiger partial charge in [-0.1, -0.05) is 13.0 Å². The Labute approximate surface area is 116 Å². The van der Waals surface area contributed by atoms with Crippen LogP contribution in [-0.2, 0) is 14.8 Å². The summed E-state index contributed by atoms with van der Waals surface area (Å²) in [6.45, 7) is 3.13. The molecule has 19 heavy (non-hydrogen) atoms. The second-order valence-electron chi connectivity index (χ2n) is 4.51. The maximum absolute atomic E-state index is 12.0. The average Bonchev–Trinajstić information content (AvgIpc) is 2.49. The van der Waals surface area contributed by atoms with E-state index in [0.29, 0.717) is 5.56 Å². The number of nitrogens with zero attached hydrogens (tertiary/aromatic N) is 1. The van der Waals surface area contributed by atoms with Gasteiger partial charge in [-0.3, -0.25) is 9.59 Å². The number of carbonyl (C=O) groups is 2. The fourth-order valence-corrected chi connectivity index (χ4v) is 4.20. The molecule has 5 nitrogen and oxygen atoms in total. The molecule has 0 radical (unpaired) electrons. The van der Waals surface area contributed by atoms with Crippen LogP contribution in [0, 0.1) is 12.8 Å². The number of sulfonamides is 1. The first kappa shape index (κ1) is 14.0. The van der Waals surface area contributed by atoms with Crippen molar-refractivity contribution in [1.82, 2.24) is 0 Å². The van der Waals surface area contributed by atoms with Crippen LogP contribution in [0.4, 0.5) is 5.69 Å². The molecule has 0 bridgehead atoms. The zero-order chi connectivity index (χ0) is 14.4. The monoisotopic (exact) mass is 301 g/mol. The molecule has 0 spiro atoms. The van der Waals surface area contributed by atoms with E-state index < -0.39 is 27.1 Å². The van der Waals surface area contributed by atoms with Crippen LogP contribution in [-0.4, -0.2) is 25.3 Å². The topological polar surface area (TPSA) is 71.5 Å². The number of hydrogen-bond donors (Lipinski definition) is 0. The molecular formula is C12H12ClNO4S. The normalized spacial score (nSPS) is 21.7. The fourth-order valence-electron chi connectivity index (χ4n) is 2.12. The first-order valence-corrected chi connectivity index (χ1v) is 7.60. The Morgan fingerprint density at radius 1 is 1.42 bits per heavy atom. The molecular weight excluding hydrogens is 290 g/mol. The molecule has 102 valence electrons. The summed E-state index contributed by atoms with van der Waals surface area (Å²) in [4.78, 5) is 23.2. The average molecular weight is 302 g/mol. The van der Waals surface area contributed by atoms with Gasteiger partial charge in [0, 0.05) is 5.56 Å². The van der Waals surface area contributed by atoms with Crippen LogP contribution in [0.3, 0.4) is 0 Å². The van der Waals surface area contributed by atoms with Crippen molar-refractivity contribution < 1.29 is 18.0 Å². The van der Waals surface area contributed by atoms with Crippen molar-refractivity contribution in [2.24, 2.45) is 5.92 Å². The lowest BCUT2D eigenvalue weighted by molar-refractivity contribution is -0.119. The van der Waals surface area contributed by atoms with Crippen LogP contribution in [0.25, 0.3) is 0 Å². The van der Waals surface area contributed by atoms with Crippen LogP contribution in [0.2, 0.25) is 0 Å². The molecule has 0 aliphatic carbocycles. The Kier molecular flexibility index (Phi) is 3.40. The number of carbonyl (C=O) groups excluding carboxylic acids is 2. The van der Waals surface area contributed by atoms with E-state index >= 15 is 0 Å². The number of anilines is 1. The minimum Gasteiger partial charge on any atom is -0.276 e. The van der Waals surface area contributed by atoms with Crippen molar-refractivity contribution in [2.45, 2.75) is 13.8 Å². The van der Waals surface area contributed by atoms with Crippen molar-refractivity contribution in [3.8, 4) is 0 Å². The van der Waals surface area contributed by atoms with Gasteiger partial charge in [0.2, 0.25) is 15.9 Å². The van der Waals surface area contributed by atoms with Crippen molar-refractivity contribution in [1.29, 1.82) is 0 Å². The van der Waals surface area contributed by atoms with Gasteiger partial charge in [-0.05, 0) is 36.2 Å². The molecule has 1 aliphatic heterocycles. The van der Waals surface area contributed by atoms with Gasteiger partial charge in [0.1, 0.15) is 0 Å². The van der Waals surface area contributed by atoms with Crippen LogP contribution in [0.5, 0.6) is 0 Å². The van der Waals surface area contributed by atoms with E-state index in [1.807, 2.05) is 0 Å². The summed E-state index contributed by atoms with van der Waals surface area (Å²) in [5.74, 6) is -1.29. The van der Waals surface area contributed by atoms with E-state index in [9.17, 15) is 18.0 Å². The Bertz CT molecular complexity index is 668. The van der Waals surface area contributed by atoms with Crippen molar-refractivity contribution >= 4 is 38.5 Å². The molecule has 1 atom stereocenters. The maximum atomic E-state index is 12.0. The zero-order valence-electron chi connectivity index (χ0n) is 10.4. The third-order valence-electron chi connectivity index (χ3n) is 3.10. The number of rotatable bonds is 2. The molecule has 1 fully saturated rings. The van der Waals surface area contributed by atoms with E-state index in [4.69, 9.17) is 11.6 Å². The fraction of sp³-hybridized carbons (Fsp3) is 0.333. The molecule has 1 saturated heterocycles. The predicted molar refractivity (Wildman–Crippen MR) is 71.8 cm³/mol. The molecule has 0 aromatic heterocycles. The first-order chi connectivity index (χ1) is 8.75. The Balaban J connectivity index is 2.63. The highest BCUT2D eigenvalue weighted by Gasteiger charge is 2.42. The minimum atomic E-state index is -3.67. The number of halogens is 1. The van der Waals surface area contributed by atoms with Crippen LogP contribution >= 0.6 is 11.6 Å². The first-order valence-electron chi connectivity index (χ1n) is 5.62. The molecule has 0 N–H and O–H groups in total. The summed E-state index contributed by atoms with van der Waals surface area (Å²) < 4.78 is 24.8. The third-order valence-corrected chi connectivity index (χ3v) is 5.15. The van der Waals surface area contributed by atoms with Crippen molar-refractivity contribution in [2.75, 3.05) is 10.1 Å². The Hall–Kier alpha value is -1.40. The highest BCUT2D eigenvalue weighted by Crippen LogP contribution is 2.32. The smallest absolute Gasteiger partial charge is 0.252 e. The van der Waals surface area contributed by atoms with Gasteiger partial charge in [-0.25, -0.2) is 12.7 Å². The van der Waals surface area contributed by atoms with Crippen molar-refractivity contribution in [3.05, 3.63) is 29.3 Å². The molecule has 1 aromatic rings. The summed E-state index contributed by atoms with van der Waals surface area (Å²) in [6, 6.07) is 4.49. The van der Waals surface area contributed by atoms with Gasteiger partial charge < -0.3 is 0 Å². The standard InChI is InChI=1S/C12H12ClNO4S/c1-7-6-19(17,18)14(12(7)16)10-5-3-4-9(8(10)2)11(13)15/h3-5,7H,6H2,1-2H3. The van der Waals surface area contributed by atoms with E-state index in [2.05, 4.69) is 0 Å². The molecule has 0 saturated carbocycles. The second kappa shape index (κ2) is 4.61. The molecule has 1 amide bonds. The molecule has 1 aromatic carbocycles. The van der Waals surface area contributed by atoms with E-state index in [1.54, 1.807) is 13.8 Å². The summed E-state index contributed by atoms with van der Waals surface area (Å²) in [6.07, 6.45) is 0. The number of benzene rings is 1. The van der Waals surface area contributed by atoms with Crippen LogP contribution < -0.4 is 4.31 Å². The summed E-state index contributed by atoms with van der Waals surface area (Å²) in [5, 5.41) is -0.684. The van der Waals surface area contributed by atoms with Gasteiger partial charge >= 0.3 is 0 Å². The number of hydrogen-bond acceptors (Lipinski definition) is 4. The molecule has 7 heteroatoms. The zero-order valence-corrected chi connectivity index (χ0v) is 12.0. The van der Waals surface area contributed by atoms with Gasteiger partial charge in [0.15, 0.2) is 0 Å². The van der Waals surface area contributed by atoms with Gasteiger partial charge in [-0.2, -0.15) is 0 Å². The highest BCUT2D eigenvalue weighted by atomic mass is 35.5. The lowest BCUT2D eigenvalue weighted by Gasteiger charge is -2.18. The summed E-state index contributed by atoms with van der Waals surface area (Å²) in [5.41, 5.74) is 0.774. The quantitative estimate of drug-likeness (QED) is 0.779. The van der Waals surface area contributed by atoms with Crippen molar-refractivity contribution in [3.63, 3.8) is 0 Å². The summed E-state index contributed by atoms with van der Waals surface area (Å²) in [7, 11) is -3.67. The van der Waals surface area contributed by atoms with Gasteiger partial charge in [0.25, 0.3) is 5.24 Å². The van der Waals surface area contributed by atoms with E-state index in [1.165, 1.54) is 18.2 Å².